The molecule has 0 fully saturated rings. The van der Waals surface area contributed by atoms with Gasteiger partial charge in [0.05, 0.1) is 0 Å². The molecule has 0 aromatic carbocycles. The van der Waals surface area contributed by atoms with Crippen molar-refractivity contribution in [1.29, 1.82) is 0 Å². The maximum absolute atomic E-state index is 11.5. The van der Waals surface area contributed by atoms with Gasteiger partial charge in [0, 0.05) is 5.41 Å². The molecular weight excluding hydrogens is 164 g/mol. The summed E-state index contributed by atoms with van der Waals surface area (Å²) in [6, 6.07) is 0. The molecule has 1 rings (SSSR count). The van der Waals surface area contributed by atoms with Crippen LogP contribution in [0.4, 0.5) is 0 Å². The predicted molar refractivity (Wildman–Crippen MR) is 52.5 cm³/mol. The minimum absolute atomic E-state index is 0.0635. The zero-order chi connectivity index (χ0) is 10.1. The fourth-order valence-electron chi connectivity index (χ4n) is 1.69. The second-order valence-corrected chi connectivity index (χ2v) is 4.00. The minimum atomic E-state index is -0.402. The normalized spacial score (nSPS) is 29.3. The van der Waals surface area contributed by atoms with Crippen molar-refractivity contribution in [3.05, 3.63) is 23.5 Å². The molecule has 0 amide bonds. The second kappa shape index (κ2) is 3.36. The van der Waals surface area contributed by atoms with Crippen LogP contribution < -0.4 is 0 Å². The molecule has 0 radical (unpaired) electrons. The number of Topliss-reactive ketones (excluding diaryl/α,β-unsaturated/α-hetero) is 1. The summed E-state index contributed by atoms with van der Waals surface area (Å²) in [6.45, 7) is 5.88. The van der Waals surface area contributed by atoms with E-state index in [1.807, 2.05) is 26.8 Å². The monoisotopic (exact) mass is 180 g/mol. The van der Waals surface area contributed by atoms with E-state index in [9.17, 15) is 9.90 Å². The molecule has 1 N–H and O–H groups in total. The van der Waals surface area contributed by atoms with Crippen molar-refractivity contribution in [2.75, 3.05) is 0 Å². The number of carbonyl (C=O) groups excluding carboxylic acids is 1. The van der Waals surface area contributed by atoms with Gasteiger partial charge in [0.1, 0.15) is 0 Å². The Bertz CT molecular complexity index is 286. The van der Waals surface area contributed by atoms with Crippen LogP contribution in [-0.4, -0.2) is 10.9 Å². The Kier molecular flexibility index (Phi) is 2.60. The van der Waals surface area contributed by atoms with E-state index in [0.717, 1.165) is 6.42 Å². The maximum atomic E-state index is 11.5. The number of allylic oxidation sites excluding steroid dienone is 4. The van der Waals surface area contributed by atoms with Crippen LogP contribution in [0.25, 0.3) is 0 Å². The Hall–Kier alpha value is -1.05. The van der Waals surface area contributed by atoms with E-state index in [-0.39, 0.29) is 11.5 Å². The van der Waals surface area contributed by atoms with Gasteiger partial charge < -0.3 is 5.11 Å². The van der Waals surface area contributed by atoms with Gasteiger partial charge in [0.15, 0.2) is 5.76 Å². The van der Waals surface area contributed by atoms with Crippen molar-refractivity contribution in [2.24, 2.45) is 5.41 Å². The first-order valence-corrected chi connectivity index (χ1v) is 4.55. The van der Waals surface area contributed by atoms with Crippen molar-refractivity contribution in [2.45, 2.75) is 33.6 Å². The van der Waals surface area contributed by atoms with Gasteiger partial charge in [-0.25, -0.2) is 0 Å². The molecule has 0 aliphatic heterocycles. The highest BCUT2D eigenvalue weighted by Crippen LogP contribution is 2.38. The summed E-state index contributed by atoms with van der Waals surface area (Å²) >= 11 is 0. The number of aliphatic hydroxyl groups excluding tert-OH is 1. The van der Waals surface area contributed by atoms with Gasteiger partial charge in [-0.3, -0.25) is 4.79 Å². The highest BCUT2D eigenvalue weighted by Gasteiger charge is 2.38. The van der Waals surface area contributed by atoms with Crippen molar-refractivity contribution in [3.63, 3.8) is 0 Å². The third kappa shape index (κ3) is 1.82. The summed E-state index contributed by atoms with van der Waals surface area (Å²) in [4.78, 5) is 11.5. The van der Waals surface area contributed by atoms with E-state index in [0.29, 0.717) is 6.42 Å². The van der Waals surface area contributed by atoms with Gasteiger partial charge in [-0.1, -0.05) is 18.6 Å². The molecule has 1 aliphatic carbocycles. The minimum Gasteiger partial charge on any atom is -0.505 e. The van der Waals surface area contributed by atoms with E-state index in [1.54, 1.807) is 6.08 Å². The van der Waals surface area contributed by atoms with Gasteiger partial charge in [-0.05, 0) is 32.8 Å². The van der Waals surface area contributed by atoms with Crippen LogP contribution in [0.5, 0.6) is 0 Å². The summed E-state index contributed by atoms with van der Waals surface area (Å²) in [7, 11) is 0. The number of carbonyl (C=O) groups is 1. The molecule has 0 aromatic heterocycles. The van der Waals surface area contributed by atoms with Crippen LogP contribution in [0.2, 0.25) is 0 Å². The largest absolute Gasteiger partial charge is 0.505 e. The molecule has 0 saturated carbocycles. The Balaban J connectivity index is 2.76. The maximum Gasteiger partial charge on any atom is 0.203 e. The van der Waals surface area contributed by atoms with E-state index in [4.69, 9.17) is 0 Å². The van der Waals surface area contributed by atoms with Gasteiger partial charge >= 0.3 is 0 Å². The van der Waals surface area contributed by atoms with Crippen LogP contribution in [-0.2, 0) is 4.79 Å². The lowest BCUT2D eigenvalue weighted by atomic mass is 9.80. The lowest BCUT2D eigenvalue weighted by Gasteiger charge is -2.21. The van der Waals surface area contributed by atoms with Crippen LogP contribution in [0.3, 0.4) is 0 Å². The standard InChI is InChI=1S/C11H16O2/c1-4-8(2)7-11(3)6-5-9(12)10(11)13/h4-5,12H,6-7H2,1-3H3/b8-4+/t11-/m1/s1. The number of rotatable bonds is 2. The van der Waals surface area contributed by atoms with Crippen molar-refractivity contribution < 1.29 is 9.90 Å². The first kappa shape index (κ1) is 10.0. The molecule has 0 spiro atoms. The second-order valence-electron chi connectivity index (χ2n) is 4.00. The highest BCUT2D eigenvalue weighted by molar-refractivity contribution is 6.00. The van der Waals surface area contributed by atoms with E-state index in [1.165, 1.54) is 5.57 Å². The SMILES string of the molecule is C/C=C(\C)C[C@@]1(C)CC=C(O)C1=O. The summed E-state index contributed by atoms with van der Waals surface area (Å²) in [5.74, 6) is -0.180. The van der Waals surface area contributed by atoms with Crippen molar-refractivity contribution in [1.82, 2.24) is 0 Å². The highest BCUT2D eigenvalue weighted by atomic mass is 16.3. The Morgan fingerprint density at radius 3 is 2.77 bits per heavy atom. The van der Waals surface area contributed by atoms with Crippen molar-refractivity contribution >= 4 is 5.78 Å². The number of hydrogen-bond acceptors (Lipinski definition) is 2. The number of hydrogen-bond donors (Lipinski definition) is 1. The molecule has 0 heterocycles. The average Bonchev–Trinajstić information content (AvgIpc) is 2.34. The predicted octanol–water partition coefficient (Wildman–Crippen LogP) is 2.76. The third-order valence-electron chi connectivity index (χ3n) is 2.69. The lowest BCUT2D eigenvalue weighted by molar-refractivity contribution is -0.125. The molecule has 1 atom stereocenters. The molecule has 13 heavy (non-hydrogen) atoms. The zero-order valence-corrected chi connectivity index (χ0v) is 8.42. The Morgan fingerprint density at radius 1 is 1.77 bits per heavy atom. The molecule has 1 aliphatic rings. The fourth-order valence-corrected chi connectivity index (χ4v) is 1.69. The smallest absolute Gasteiger partial charge is 0.203 e. The van der Waals surface area contributed by atoms with Gasteiger partial charge in [-0.2, -0.15) is 0 Å². The van der Waals surface area contributed by atoms with Crippen molar-refractivity contribution in [3.8, 4) is 0 Å². The number of ketones is 1. The molecule has 0 saturated heterocycles. The zero-order valence-electron chi connectivity index (χ0n) is 8.42. The molecule has 0 bridgehead atoms. The van der Waals surface area contributed by atoms with E-state index >= 15 is 0 Å². The number of aliphatic hydroxyl groups is 1. The summed E-state index contributed by atoms with van der Waals surface area (Å²) < 4.78 is 0. The summed E-state index contributed by atoms with van der Waals surface area (Å²) in [5.41, 5.74) is 0.791. The first-order valence-electron chi connectivity index (χ1n) is 4.55. The lowest BCUT2D eigenvalue weighted by Crippen LogP contribution is -2.24. The summed E-state index contributed by atoms with van der Waals surface area (Å²) in [5, 5.41) is 9.21. The van der Waals surface area contributed by atoms with Crippen LogP contribution in [0.1, 0.15) is 33.6 Å². The third-order valence-corrected chi connectivity index (χ3v) is 2.69. The Labute approximate surface area is 79.0 Å². The van der Waals surface area contributed by atoms with E-state index < -0.39 is 5.41 Å². The van der Waals surface area contributed by atoms with Crippen LogP contribution in [0.15, 0.2) is 23.5 Å². The molecule has 2 heteroatoms. The molecular formula is C11H16O2. The Morgan fingerprint density at radius 2 is 2.38 bits per heavy atom. The topological polar surface area (TPSA) is 37.3 Å². The fraction of sp³-hybridized carbons (Fsp3) is 0.545. The quantitative estimate of drug-likeness (QED) is 0.663. The van der Waals surface area contributed by atoms with E-state index in [2.05, 4.69) is 0 Å². The van der Waals surface area contributed by atoms with Crippen LogP contribution >= 0.6 is 0 Å². The van der Waals surface area contributed by atoms with Gasteiger partial charge in [-0.15, -0.1) is 0 Å². The molecule has 2 nitrogen and oxygen atoms in total. The molecule has 0 unspecified atom stereocenters. The van der Waals surface area contributed by atoms with Crippen LogP contribution in [0, 0.1) is 5.41 Å². The molecule has 72 valence electrons. The first-order chi connectivity index (χ1) is 5.99. The summed E-state index contributed by atoms with van der Waals surface area (Å²) in [6.07, 6.45) is 5.02. The average molecular weight is 180 g/mol. The van der Waals surface area contributed by atoms with Gasteiger partial charge in [0.2, 0.25) is 5.78 Å². The van der Waals surface area contributed by atoms with Gasteiger partial charge in [0.25, 0.3) is 0 Å². The molecule has 0 aromatic rings.